The molecule has 0 saturated carbocycles. The summed E-state index contributed by atoms with van der Waals surface area (Å²) >= 11 is 0. The number of halogens is 2. The molecule has 0 aliphatic heterocycles. The van der Waals surface area contributed by atoms with Gasteiger partial charge in [-0.15, -0.1) is 0 Å². The van der Waals surface area contributed by atoms with Crippen molar-refractivity contribution in [1.82, 2.24) is 20.1 Å². The second kappa shape index (κ2) is 18.5. The Morgan fingerprint density at radius 1 is 0.864 bits per heavy atom. The first-order chi connectivity index (χ1) is 28.2. The third-order valence-corrected chi connectivity index (χ3v) is 10.5. The minimum Gasteiger partial charge on any atom is -0.481 e. The first-order valence-corrected chi connectivity index (χ1v) is 19.5. The van der Waals surface area contributed by atoms with Crippen LogP contribution in [0.3, 0.4) is 0 Å². The van der Waals surface area contributed by atoms with Gasteiger partial charge in [0.25, 0.3) is 0 Å². The number of benzene rings is 4. The van der Waals surface area contributed by atoms with Crippen molar-refractivity contribution in [2.24, 2.45) is 5.41 Å². The molecule has 0 fully saturated rings. The summed E-state index contributed by atoms with van der Waals surface area (Å²) in [6, 6.07) is 27.9. The number of aromatic nitrogens is 1. The van der Waals surface area contributed by atoms with Crippen molar-refractivity contribution in [3.63, 3.8) is 0 Å². The number of ether oxygens (including phenoxy) is 1. The molecular formula is C46H48F2N4O7. The van der Waals surface area contributed by atoms with Crippen LogP contribution < -0.4 is 10.6 Å². The van der Waals surface area contributed by atoms with Crippen LogP contribution in [0.2, 0.25) is 0 Å². The van der Waals surface area contributed by atoms with Gasteiger partial charge in [-0.25, -0.2) is 13.6 Å². The number of aliphatic carboxylic acids is 1. The lowest BCUT2D eigenvalue weighted by Gasteiger charge is -2.41. The second-order valence-corrected chi connectivity index (χ2v) is 15.7. The number of amides is 3. The number of aliphatic hydroxyl groups excluding tert-OH is 1. The highest BCUT2D eigenvalue weighted by Crippen LogP contribution is 2.45. The molecule has 13 heteroatoms. The summed E-state index contributed by atoms with van der Waals surface area (Å²) in [5.74, 6) is -4.02. The van der Waals surface area contributed by atoms with E-state index >= 15 is 4.39 Å². The van der Waals surface area contributed by atoms with Crippen LogP contribution in [0.15, 0.2) is 109 Å². The van der Waals surface area contributed by atoms with Crippen LogP contribution in [-0.4, -0.2) is 75.9 Å². The van der Waals surface area contributed by atoms with Gasteiger partial charge in [-0.2, -0.15) is 0 Å². The number of aliphatic hydroxyl groups is 1. The van der Waals surface area contributed by atoms with Gasteiger partial charge in [0.05, 0.1) is 12.5 Å². The summed E-state index contributed by atoms with van der Waals surface area (Å²) < 4.78 is 37.3. The van der Waals surface area contributed by atoms with Crippen LogP contribution in [0.25, 0.3) is 22.3 Å². The molecule has 0 spiro atoms. The molecule has 0 unspecified atom stereocenters. The van der Waals surface area contributed by atoms with E-state index in [1.165, 1.54) is 4.90 Å². The highest BCUT2D eigenvalue weighted by atomic mass is 19.1. The van der Waals surface area contributed by atoms with Crippen molar-refractivity contribution in [2.75, 3.05) is 26.3 Å². The highest BCUT2D eigenvalue weighted by Gasteiger charge is 2.38. The molecule has 2 atom stereocenters. The number of carbonyl (C=O) groups excluding carboxylic acids is 3. The summed E-state index contributed by atoms with van der Waals surface area (Å²) in [6.45, 7) is 4.69. The number of carboxylic acids is 1. The summed E-state index contributed by atoms with van der Waals surface area (Å²) in [6.07, 6.45) is 0.276. The fourth-order valence-corrected chi connectivity index (χ4v) is 7.84. The van der Waals surface area contributed by atoms with Gasteiger partial charge in [0.2, 0.25) is 11.8 Å². The van der Waals surface area contributed by atoms with E-state index in [0.717, 1.165) is 46.0 Å². The Balaban J connectivity index is 1.29. The Kier molecular flexibility index (Phi) is 13.3. The molecule has 6 rings (SSSR count). The first-order valence-electron chi connectivity index (χ1n) is 19.5. The molecular weight excluding hydrogens is 759 g/mol. The topological polar surface area (TPSA) is 150 Å². The maximum atomic E-state index is 15.2. The standard InChI is InChI=1S/C46H48F2N4O7/c1-46(2,3)43(40-23-30(36-24-31(47)17-18-38(36)48)26-51(40)25-29-11-5-4-6-12-29)52(41(54)27-53)22-20-39(44(57)49-21-19-42(55)56)50-45(58)59-28-37-34-15-9-7-13-32(34)33-14-8-10-16-35(33)37/h4-18,23-24,26,37,39,43,53H,19-22,25,27-28H2,1-3H3,(H,49,57)(H,50,58)(H,55,56)/t39-,43-/m0/s1. The molecule has 308 valence electrons. The molecule has 59 heavy (non-hydrogen) atoms. The Morgan fingerprint density at radius 2 is 1.51 bits per heavy atom. The van der Waals surface area contributed by atoms with E-state index in [-0.39, 0.29) is 44.0 Å². The fourth-order valence-electron chi connectivity index (χ4n) is 7.84. The van der Waals surface area contributed by atoms with Crippen molar-refractivity contribution in [3.05, 3.63) is 143 Å². The van der Waals surface area contributed by atoms with Crippen LogP contribution in [0, 0.1) is 17.0 Å². The summed E-state index contributed by atoms with van der Waals surface area (Å²) in [5.41, 5.74) is 5.17. The number of carboxylic acid groups (broad SMARTS) is 1. The Bertz CT molecular complexity index is 2260. The number of hydrogen-bond acceptors (Lipinski definition) is 6. The smallest absolute Gasteiger partial charge is 0.407 e. The fraction of sp³-hybridized carbons (Fsp3) is 0.304. The predicted octanol–water partition coefficient (Wildman–Crippen LogP) is 7.28. The third-order valence-electron chi connectivity index (χ3n) is 10.5. The molecule has 4 aromatic carbocycles. The molecule has 0 saturated heterocycles. The average molecular weight is 807 g/mol. The van der Waals surface area contributed by atoms with E-state index in [0.29, 0.717) is 17.8 Å². The molecule has 1 heterocycles. The summed E-state index contributed by atoms with van der Waals surface area (Å²) in [4.78, 5) is 53.6. The monoisotopic (exact) mass is 806 g/mol. The number of fused-ring (bicyclic) bond motifs is 3. The highest BCUT2D eigenvalue weighted by molar-refractivity contribution is 5.86. The molecule has 11 nitrogen and oxygen atoms in total. The third kappa shape index (κ3) is 10.0. The second-order valence-electron chi connectivity index (χ2n) is 15.7. The number of hydrogen-bond donors (Lipinski definition) is 4. The van der Waals surface area contributed by atoms with Crippen molar-refractivity contribution in [1.29, 1.82) is 0 Å². The minimum atomic E-state index is -1.29. The summed E-state index contributed by atoms with van der Waals surface area (Å²) in [7, 11) is 0. The zero-order valence-corrected chi connectivity index (χ0v) is 33.2. The van der Waals surface area contributed by atoms with Gasteiger partial charge in [0, 0.05) is 48.6 Å². The van der Waals surface area contributed by atoms with Crippen LogP contribution in [0.4, 0.5) is 13.6 Å². The van der Waals surface area contributed by atoms with Crippen LogP contribution in [0.5, 0.6) is 0 Å². The first kappa shape index (κ1) is 42.3. The van der Waals surface area contributed by atoms with Gasteiger partial charge >= 0.3 is 12.1 Å². The molecule has 0 radical (unpaired) electrons. The molecule has 1 aliphatic rings. The lowest BCUT2D eigenvalue weighted by molar-refractivity contribution is -0.140. The van der Waals surface area contributed by atoms with Crippen molar-refractivity contribution in [2.45, 2.75) is 58.2 Å². The Hall–Kier alpha value is -6.34. The number of nitrogens with zero attached hydrogens (tertiary/aromatic N) is 2. The van der Waals surface area contributed by atoms with Gasteiger partial charge in [-0.05, 0) is 63.9 Å². The maximum absolute atomic E-state index is 15.2. The van der Waals surface area contributed by atoms with Gasteiger partial charge in [0.15, 0.2) is 0 Å². The van der Waals surface area contributed by atoms with Crippen molar-refractivity contribution in [3.8, 4) is 22.3 Å². The molecule has 1 aromatic heterocycles. The van der Waals surface area contributed by atoms with Gasteiger partial charge < -0.3 is 35.1 Å². The molecule has 3 amide bonds. The van der Waals surface area contributed by atoms with E-state index in [1.54, 1.807) is 12.3 Å². The lowest BCUT2D eigenvalue weighted by Crippen LogP contribution is -2.50. The molecule has 0 bridgehead atoms. The average Bonchev–Trinajstić information content (AvgIpc) is 3.76. The van der Waals surface area contributed by atoms with E-state index < -0.39 is 59.6 Å². The summed E-state index contributed by atoms with van der Waals surface area (Å²) in [5, 5.41) is 24.7. The predicted molar refractivity (Wildman–Crippen MR) is 218 cm³/mol. The quantitative estimate of drug-likeness (QED) is 0.0819. The zero-order chi connectivity index (χ0) is 42.3. The van der Waals surface area contributed by atoms with Crippen LogP contribution >= 0.6 is 0 Å². The van der Waals surface area contributed by atoms with Gasteiger partial charge in [0.1, 0.15) is 30.9 Å². The normalized spacial score (nSPS) is 13.2. The number of rotatable bonds is 16. The Labute approximate surface area is 341 Å². The van der Waals surface area contributed by atoms with Crippen molar-refractivity contribution < 1.29 is 42.9 Å². The van der Waals surface area contributed by atoms with E-state index in [4.69, 9.17) is 4.74 Å². The lowest BCUT2D eigenvalue weighted by atomic mass is 9.82. The number of nitrogens with one attached hydrogen (secondary N) is 2. The zero-order valence-electron chi connectivity index (χ0n) is 33.2. The SMILES string of the molecule is CC(C)(C)[C@H](c1cc(-c2cc(F)ccc2F)cn1Cc1ccccc1)N(CC[C@H](NC(=O)OCC1c2ccccc2-c2ccccc21)C(=O)NCCC(=O)O)C(=O)CO. The van der Waals surface area contributed by atoms with E-state index in [2.05, 4.69) is 10.6 Å². The minimum absolute atomic E-state index is 0.0242. The van der Waals surface area contributed by atoms with Crippen LogP contribution in [0.1, 0.15) is 68.0 Å². The maximum Gasteiger partial charge on any atom is 0.407 e. The number of carbonyl (C=O) groups is 4. The van der Waals surface area contributed by atoms with Gasteiger partial charge in [-0.3, -0.25) is 14.4 Å². The largest absolute Gasteiger partial charge is 0.481 e. The molecule has 5 aromatic rings. The van der Waals surface area contributed by atoms with E-state index in [9.17, 15) is 33.8 Å². The van der Waals surface area contributed by atoms with Gasteiger partial charge in [-0.1, -0.05) is 99.6 Å². The van der Waals surface area contributed by atoms with Crippen molar-refractivity contribution >= 4 is 23.9 Å². The Morgan fingerprint density at radius 3 is 2.14 bits per heavy atom. The number of alkyl carbamates (subject to hydrolysis) is 1. The molecule has 4 N–H and O–H groups in total. The molecule has 1 aliphatic carbocycles. The van der Waals surface area contributed by atoms with Crippen LogP contribution in [-0.2, 0) is 25.7 Å². The van der Waals surface area contributed by atoms with E-state index in [1.807, 2.05) is 104 Å².